The Morgan fingerprint density at radius 3 is 2.38 bits per heavy atom. The van der Waals surface area contributed by atoms with E-state index < -0.39 is 0 Å². The number of likely N-dealkylation sites (tertiary alicyclic amines) is 1. The number of hydrogen-bond acceptors (Lipinski definition) is 2. The minimum atomic E-state index is 0.231. The third-order valence-electron chi connectivity index (χ3n) is 4.63. The van der Waals surface area contributed by atoms with Crippen molar-refractivity contribution >= 4 is 0 Å². The second-order valence-electron chi connectivity index (χ2n) is 7.68. The van der Waals surface area contributed by atoms with Gasteiger partial charge >= 0.3 is 0 Å². The maximum Gasteiger partial charge on any atom is 0.0174 e. The van der Waals surface area contributed by atoms with Crippen LogP contribution in [0.5, 0.6) is 0 Å². The molecule has 2 heteroatoms. The van der Waals surface area contributed by atoms with E-state index in [9.17, 15) is 0 Å². The van der Waals surface area contributed by atoms with Gasteiger partial charge in [-0.25, -0.2) is 0 Å². The van der Waals surface area contributed by atoms with Crippen LogP contribution in [0.15, 0.2) is 24.3 Å². The largest absolute Gasteiger partial charge is 0.327 e. The van der Waals surface area contributed by atoms with Gasteiger partial charge in [0.15, 0.2) is 0 Å². The molecule has 21 heavy (non-hydrogen) atoms. The van der Waals surface area contributed by atoms with Crippen LogP contribution in [-0.2, 0) is 5.41 Å². The highest BCUT2D eigenvalue weighted by Crippen LogP contribution is 2.29. The summed E-state index contributed by atoms with van der Waals surface area (Å²) >= 11 is 0. The second kappa shape index (κ2) is 6.93. The predicted octanol–water partition coefficient (Wildman–Crippen LogP) is 3.90. The van der Waals surface area contributed by atoms with Gasteiger partial charge in [-0.3, -0.25) is 0 Å². The first-order chi connectivity index (χ1) is 9.90. The van der Waals surface area contributed by atoms with E-state index in [1.165, 1.54) is 37.1 Å². The van der Waals surface area contributed by atoms with Crippen LogP contribution in [0, 0.1) is 0 Å². The van der Waals surface area contributed by atoms with Crippen molar-refractivity contribution in [1.82, 2.24) is 4.90 Å². The summed E-state index contributed by atoms with van der Waals surface area (Å²) in [4.78, 5) is 2.56. The Hall–Kier alpha value is -0.860. The topological polar surface area (TPSA) is 29.3 Å². The summed E-state index contributed by atoms with van der Waals surface area (Å²) in [7, 11) is 0. The van der Waals surface area contributed by atoms with Gasteiger partial charge in [-0.05, 0) is 41.8 Å². The average molecular weight is 288 g/mol. The Morgan fingerprint density at radius 2 is 1.81 bits per heavy atom. The summed E-state index contributed by atoms with van der Waals surface area (Å²) in [6.45, 7) is 12.5. The highest BCUT2D eigenvalue weighted by atomic mass is 15.1. The van der Waals surface area contributed by atoms with Gasteiger partial charge in [-0.1, -0.05) is 58.4 Å². The van der Waals surface area contributed by atoms with E-state index in [0.29, 0.717) is 12.0 Å². The lowest BCUT2D eigenvalue weighted by atomic mass is 9.83. The average Bonchev–Trinajstić information content (AvgIpc) is 2.44. The van der Waals surface area contributed by atoms with Gasteiger partial charge in [0.05, 0.1) is 0 Å². The molecule has 1 heterocycles. The molecule has 1 fully saturated rings. The first-order valence-corrected chi connectivity index (χ1v) is 8.48. The summed E-state index contributed by atoms with van der Waals surface area (Å²) in [5.74, 6) is 0.597. The Labute approximate surface area is 130 Å². The first-order valence-electron chi connectivity index (χ1n) is 8.48. The van der Waals surface area contributed by atoms with E-state index in [2.05, 4.69) is 56.9 Å². The van der Waals surface area contributed by atoms with Crippen LogP contribution >= 0.6 is 0 Å². The van der Waals surface area contributed by atoms with Gasteiger partial charge < -0.3 is 10.6 Å². The molecule has 2 atom stereocenters. The third kappa shape index (κ3) is 4.55. The van der Waals surface area contributed by atoms with Gasteiger partial charge in [0.1, 0.15) is 0 Å². The van der Waals surface area contributed by atoms with Gasteiger partial charge in [-0.2, -0.15) is 0 Å². The lowest BCUT2D eigenvalue weighted by molar-refractivity contribution is 0.186. The van der Waals surface area contributed by atoms with Gasteiger partial charge in [0.2, 0.25) is 0 Å². The van der Waals surface area contributed by atoms with Crippen molar-refractivity contribution in [2.45, 2.75) is 64.3 Å². The molecule has 1 aromatic carbocycles. The molecule has 1 saturated heterocycles. The number of piperidine rings is 1. The number of nitrogens with two attached hydrogens (primary N) is 1. The molecule has 0 bridgehead atoms. The standard InChI is InChI=1S/C19H32N2/c1-5-6-11-21-13-16(12-18(20)14-21)15-7-9-17(10-8-15)19(2,3)4/h7-10,16,18H,5-6,11-14,20H2,1-4H3. The minimum Gasteiger partial charge on any atom is -0.327 e. The number of rotatable bonds is 4. The van der Waals surface area contributed by atoms with E-state index in [1.54, 1.807) is 0 Å². The molecule has 0 aromatic heterocycles. The number of benzene rings is 1. The molecule has 118 valence electrons. The Kier molecular flexibility index (Phi) is 5.45. The Bertz CT molecular complexity index is 430. The maximum absolute atomic E-state index is 6.28. The minimum absolute atomic E-state index is 0.231. The first kappa shape index (κ1) is 16.5. The second-order valence-corrected chi connectivity index (χ2v) is 7.68. The third-order valence-corrected chi connectivity index (χ3v) is 4.63. The molecule has 2 unspecified atom stereocenters. The van der Waals surface area contributed by atoms with Crippen LogP contribution in [0.2, 0.25) is 0 Å². The van der Waals surface area contributed by atoms with Gasteiger partial charge in [-0.15, -0.1) is 0 Å². The zero-order valence-corrected chi connectivity index (χ0v) is 14.2. The zero-order valence-electron chi connectivity index (χ0n) is 14.2. The van der Waals surface area contributed by atoms with Crippen LogP contribution in [0.1, 0.15) is 64.0 Å². The summed E-state index contributed by atoms with van der Waals surface area (Å²) in [6.07, 6.45) is 3.66. The Morgan fingerprint density at radius 1 is 1.14 bits per heavy atom. The number of hydrogen-bond donors (Lipinski definition) is 1. The summed E-state index contributed by atoms with van der Waals surface area (Å²) in [6, 6.07) is 9.56. The van der Waals surface area contributed by atoms with E-state index in [4.69, 9.17) is 5.73 Å². The fourth-order valence-electron chi connectivity index (χ4n) is 3.29. The normalized spacial score (nSPS) is 24.2. The van der Waals surface area contributed by atoms with Crippen molar-refractivity contribution in [2.24, 2.45) is 5.73 Å². The molecule has 1 aromatic rings. The van der Waals surface area contributed by atoms with Crippen molar-refractivity contribution < 1.29 is 0 Å². The number of unbranched alkanes of at least 4 members (excludes halogenated alkanes) is 1. The monoisotopic (exact) mass is 288 g/mol. The molecule has 0 spiro atoms. The smallest absolute Gasteiger partial charge is 0.0174 e. The molecular weight excluding hydrogens is 256 g/mol. The molecule has 0 amide bonds. The van der Waals surface area contributed by atoms with Crippen molar-refractivity contribution in [1.29, 1.82) is 0 Å². The summed E-state index contributed by atoms with van der Waals surface area (Å²) in [5.41, 5.74) is 9.38. The van der Waals surface area contributed by atoms with Crippen LogP contribution in [0.3, 0.4) is 0 Å². The molecule has 0 aliphatic carbocycles. The highest BCUT2D eigenvalue weighted by Gasteiger charge is 2.26. The van der Waals surface area contributed by atoms with Crippen LogP contribution in [0.25, 0.3) is 0 Å². The van der Waals surface area contributed by atoms with E-state index in [-0.39, 0.29) is 5.41 Å². The van der Waals surface area contributed by atoms with Gasteiger partial charge in [0.25, 0.3) is 0 Å². The molecule has 2 rings (SSSR count). The molecular formula is C19H32N2. The lowest BCUT2D eigenvalue weighted by Crippen LogP contribution is -2.46. The van der Waals surface area contributed by atoms with E-state index in [1.807, 2.05) is 0 Å². The fraction of sp³-hybridized carbons (Fsp3) is 0.684. The van der Waals surface area contributed by atoms with E-state index >= 15 is 0 Å². The van der Waals surface area contributed by atoms with Crippen LogP contribution in [-0.4, -0.2) is 30.6 Å². The molecule has 1 aliphatic heterocycles. The lowest BCUT2D eigenvalue weighted by Gasteiger charge is -2.36. The zero-order chi connectivity index (χ0) is 15.5. The molecule has 0 saturated carbocycles. The Balaban J connectivity index is 2.06. The summed E-state index contributed by atoms with van der Waals surface area (Å²) < 4.78 is 0. The van der Waals surface area contributed by atoms with Crippen LogP contribution < -0.4 is 5.73 Å². The predicted molar refractivity (Wildman–Crippen MR) is 91.8 cm³/mol. The molecule has 2 N–H and O–H groups in total. The SMILES string of the molecule is CCCCN1CC(N)CC(c2ccc(C(C)(C)C)cc2)C1. The maximum atomic E-state index is 6.28. The number of nitrogens with zero attached hydrogens (tertiary/aromatic N) is 1. The molecule has 2 nitrogen and oxygen atoms in total. The quantitative estimate of drug-likeness (QED) is 0.910. The molecule has 1 aliphatic rings. The van der Waals surface area contributed by atoms with Crippen LogP contribution in [0.4, 0.5) is 0 Å². The highest BCUT2D eigenvalue weighted by molar-refractivity contribution is 5.30. The summed E-state index contributed by atoms with van der Waals surface area (Å²) in [5, 5.41) is 0. The van der Waals surface area contributed by atoms with E-state index in [0.717, 1.165) is 13.0 Å². The molecule has 0 radical (unpaired) electrons. The van der Waals surface area contributed by atoms with Crippen molar-refractivity contribution in [3.05, 3.63) is 35.4 Å². The van der Waals surface area contributed by atoms with Gasteiger partial charge in [0, 0.05) is 19.1 Å². The fourth-order valence-corrected chi connectivity index (χ4v) is 3.29. The van der Waals surface area contributed by atoms with Crippen molar-refractivity contribution in [3.63, 3.8) is 0 Å². The van der Waals surface area contributed by atoms with Crippen molar-refractivity contribution in [3.8, 4) is 0 Å². The van der Waals surface area contributed by atoms with Crippen molar-refractivity contribution in [2.75, 3.05) is 19.6 Å².